The lowest BCUT2D eigenvalue weighted by atomic mass is 9.41. The van der Waals surface area contributed by atoms with Gasteiger partial charge in [0.2, 0.25) is 0 Å². The summed E-state index contributed by atoms with van der Waals surface area (Å²) in [6, 6.07) is 0. The Morgan fingerprint density at radius 2 is 1.75 bits per heavy atom. The smallest absolute Gasteiger partial charge is 0.309 e. The molecule has 7 rings (SSSR count). The van der Waals surface area contributed by atoms with E-state index in [1.54, 1.807) is 19.8 Å². The van der Waals surface area contributed by atoms with E-state index in [2.05, 4.69) is 34.6 Å². The molecule has 3 N–H and O–H groups in total. The number of carbonyl (C=O) groups excluding carboxylic acids is 1. The van der Waals surface area contributed by atoms with Crippen molar-refractivity contribution >= 4 is 5.97 Å². The van der Waals surface area contributed by atoms with E-state index < -0.39 is 23.2 Å². The summed E-state index contributed by atoms with van der Waals surface area (Å²) in [5.74, 6) is 2.09. The Morgan fingerprint density at radius 1 is 1.05 bits per heavy atom. The van der Waals surface area contributed by atoms with Crippen molar-refractivity contribution in [1.82, 2.24) is 0 Å². The van der Waals surface area contributed by atoms with E-state index in [9.17, 15) is 20.1 Å². The van der Waals surface area contributed by atoms with E-state index in [-0.39, 0.29) is 51.5 Å². The fourth-order valence-corrected chi connectivity index (χ4v) is 11.7. The van der Waals surface area contributed by atoms with Crippen LogP contribution in [0.4, 0.5) is 0 Å². The molecular weight excluding hydrogens is 504 g/mol. The second-order valence-corrected chi connectivity index (χ2v) is 16.8. The van der Waals surface area contributed by atoms with Gasteiger partial charge in [-0.25, -0.2) is 0 Å². The van der Waals surface area contributed by atoms with Gasteiger partial charge in [0, 0.05) is 11.3 Å². The van der Waals surface area contributed by atoms with Crippen molar-refractivity contribution in [1.29, 1.82) is 0 Å². The number of aliphatic hydroxyl groups is 3. The maximum Gasteiger partial charge on any atom is 0.309 e. The minimum Gasteiger partial charge on any atom is -0.456 e. The van der Waals surface area contributed by atoms with E-state index in [0.29, 0.717) is 18.4 Å². The molecule has 3 radical (unpaired) electrons. The molecule has 0 unspecified atom stereocenters. The summed E-state index contributed by atoms with van der Waals surface area (Å²) in [4.78, 5) is 12.7. The monoisotopic (exact) mass is 555 g/mol. The third-order valence-corrected chi connectivity index (χ3v) is 14.1. The van der Waals surface area contributed by atoms with Crippen LogP contribution in [0.3, 0.4) is 0 Å². The Balaban J connectivity index is 1.20. The van der Waals surface area contributed by atoms with Crippen LogP contribution in [0.25, 0.3) is 0 Å². The average molecular weight is 556 g/mol. The minimum atomic E-state index is -1.28. The molecule has 2 spiro atoms. The molecule has 223 valence electrons. The highest BCUT2D eigenvalue weighted by molar-refractivity contribution is 5.75. The van der Waals surface area contributed by atoms with Gasteiger partial charge in [0.05, 0.1) is 23.7 Å². The molecule has 1 aliphatic heterocycles. The fraction of sp³-hybridized carbons (Fsp3) is 0.882. The number of fused-ring (bicyclic) bond motifs is 4. The van der Waals surface area contributed by atoms with Gasteiger partial charge < -0.3 is 24.8 Å². The normalized spacial score (nSPS) is 51.1. The summed E-state index contributed by atoms with van der Waals surface area (Å²) in [5.41, 5.74) is -1.44. The molecule has 0 amide bonds. The first-order valence-electron chi connectivity index (χ1n) is 16.1. The predicted molar refractivity (Wildman–Crippen MR) is 150 cm³/mol. The van der Waals surface area contributed by atoms with Gasteiger partial charge in [-0.05, 0) is 117 Å². The summed E-state index contributed by atoms with van der Waals surface area (Å²) in [5, 5.41) is 34.4. The molecule has 6 heteroatoms. The summed E-state index contributed by atoms with van der Waals surface area (Å²) < 4.78 is 12.6. The summed E-state index contributed by atoms with van der Waals surface area (Å²) in [7, 11) is 0. The molecule has 1 saturated heterocycles. The number of aliphatic hydroxyl groups excluding tert-OH is 2. The van der Waals surface area contributed by atoms with E-state index in [1.807, 2.05) is 0 Å². The third kappa shape index (κ3) is 3.29. The quantitative estimate of drug-likeness (QED) is 0.394. The lowest BCUT2D eigenvalue weighted by Gasteiger charge is -2.63. The van der Waals surface area contributed by atoms with E-state index >= 15 is 0 Å². The van der Waals surface area contributed by atoms with Crippen molar-refractivity contribution in [3.63, 3.8) is 0 Å². The van der Waals surface area contributed by atoms with Crippen LogP contribution in [-0.4, -0.2) is 45.2 Å². The van der Waals surface area contributed by atoms with Crippen molar-refractivity contribution in [3.8, 4) is 0 Å². The number of hydrogen-bond acceptors (Lipinski definition) is 6. The van der Waals surface area contributed by atoms with Crippen LogP contribution >= 0.6 is 0 Å². The third-order valence-electron chi connectivity index (χ3n) is 14.1. The van der Waals surface area contributed by atoms with Gasteiger partial charge >= 0.3 is 5.97 Å². The molecule has 10 atom stereocenters. The topological polar surface area (TPSA) is 96.2 Å². The zero-order valence-electron chi connectivity index (χ0n) is 25.7. The van der Waals surface area contributed by atoms with Gasteiger partial charge in [0.25, 0.3) is 0 Å². The lowest BCUT2D eigenvalue weighted by molar-refractivity contribution is -0.174. The standard InChI is InChI=1S/C34H51O6/c1-18-16-20(27(30(4,5)38)40-28(37)19-8-9-19)39-25-24(18)31(6)14-15-34-17-33(34)13-12-23(35)29(2,3)21(33)10-11-22(34)32(31,7)26(25)36/h18-19,21,23-24,26-27,35-36,38H,8-17H2,1-7H3/t18-,21+,23+,24+,26+,27+,31-,32-,33-,34+/m1/s1. The largest absolute Gasteiger partial charge is 0.456 e. The van der Waals surface area contributed by atoms with Gasteiger partial charge in [-0.15, -0.1) is 0 Å². The molecule has 1 heterocycles. The van der Waals surface area contributed by atoms with Gasteiger partial charge in [-0.1, -0.05) is 34.6 Å². The molecule has 6 nitrogen and oxygen atoms in total. The number of hydrogen-bond donors (Lipinski definition) is 3. The zero-order valence-corrected chi connectivity index (χ0v) is 25.7. The molecule has 6 saturated carbocycles. The molecule has 0 bridgehead atoms. The van der Waals surface area contributed by atoms with E-state index in [0.717, 1.165) is 51.0 Å². The van der Waals surface area contributed by atoms with Crippen molar-refractivity contribution < 1.29 is 29.6 Å². The fourth-order valence-electron chi connectivity index (χ4n) is 11.7. The van der Waals surface area contributed by atoms with Crippen LogP contribution in [0.15, 0.2) is 0 Å². The molecule has 0 aromatic rings. The van der Waals surface area contributed by atoms with Crippen LogP contribution in [-0.2, 0) is 14.3 Å². The molecule has 6 aliphatic carbocycles. The number of carbonyl (C=O) groups is 1. The Morgan fingerprint density at radius 3 is 2.40 bits per heavy atom. The minimum absolute atomic E-state index is 0.0657. The average Bonchev–Trinajstić information content (AvgIpc) is 3.78. The van der Waals surface area contributed by atoms with Crippen LogP contribution in [0.1, 0.15) is 113 Å². The number of esters is 1. The van der Waals surface area contributed by atoms with E-state index in [1.165, 1.54) is 12.8 Å². The number of rotatable bonds is 4. The van der Waals surface area contributed by atoms with Crippen LogP contribution in [0.2, 0.25) is 0 Å². The highest BCUT2D eigenvalue weighted by atomic mass is 16.6. The summed E-state index contributed by atoms with van der Waals surface area (Å²) >= 11 is 0. The van der Waals surface area contributed by atoms with Crippen molar-refractivity contribution in [2.45, 2.75) is 137 Å². The van der Waals surface area contributed by atoms with Crippen molar-refractivity contribution in [2.75, 3.05) is 0 Å². The Labute approximate surface area is 241 Å². The van der Waals surface area contributed by atoms with Gasteiger partial charge in [-0.2, -0.15) is 0 Å². The molecule has 7 fully saturated rings. The molecule has 0 aromatic heterocycles. The number of ether oxygens (including phenoxy) is 2. The highest BCUT2D eigenvalue weighted by Gasteiger charge is 2.85. The molecular formula is C34H51O6. The van der Waals surface area contributed by atoms with Gasteiger partial charge in [0.1, 0.15) is 12.2 Å². The zero-order chi connectivity index (χ0) is 28.8. The Bertz CT molecular complexity index is 1080. The Kier molecular flexibility index (Phi) is 5.81. The lowest BCUT2D eigenvalue weighted by Crippen LogP contribution is -2.58. The van der Waals surface area contributed by atoms with Gasteiger partial charge in [0.15, 0.2) is 6.10 Å². The first-order valence-corrected chi connectivity index (χ1v) is 16.1. The van der Waals surface area contributed by atoms with E-state index in [4.69, 9.17) is 9.47 Å². The molecule has 7 aliphatic rings. The maximum atomic E-state index is 12.7. The first-order chi connectivity index (χ1) is 18.5. The van der Waals surface area contributed by atoms with Crippen molar-refractivity contribution in [2.24, 2.45) is 50.7 Å². The summed E-state index contributed by atoms with van der Waals surface area (Å²) in [6.07, 6.45) is 9.31. The SMILES string of the molecule is C[C@@H]1C[C]([C@H](OC(=O)C2CC2)C(C)(C)O)O[C]2[C@H]1[C@@]1(C)CC[C@@]34C[C@@]35CC[C@H](O)C(C)(C)[C@@H]5CC[C]4[C@]1(C)[C@H]2O. The first kappa shape index (κ1) is 28.1. The maximum absolute atomic E-state index is 12.7. The van der Waals surface area contributed by atoms with Crippen LogP contribution in [0.5, 0.6) is 0 Å². The molecule has 0 aromatic carbocycles. The second-order valence-electron chi connectivity index (χ2n) is 16.8. The highest BCUT2D eigenvalue weighted by Crippen LogP contribution is 2.90. The van der Waals surface area contributed by atoms with Crippen molar-refractivity contribution in [3.05, 3.63) is 18.1 Å². The summed E-state index contributed by atoms with van der Waals surface area (Å²) in [6.45, 7) is 14.9. The van der Waals surface area contributed by atoms with Gasteiger partial charge in [-0.3, -0.25) is 4.79 Å². The molecule has 40 heavy (non-hydrogen) atoms. The predicted octanol–water partition coefficient (Wildman–Crippen LogP) is 5.54. The van der Waals surface area contributed by atoms with Crippen LogP contribution < -0.4 is 0 Å². The second kappa shape index (κ2) is 8.27. The van der Waals surface area contributed by atoms with Crippen LogP contribution in [0, 0.1) is 68.9 Å². The Hall–Kier alpha value is -0.690.